The number of rotatable bonds is 4. The van der Waals surface area contributed by atoms with E-state index >= 15 is 0 Å². The van der Waals surface area contributed by atoms with Crippen LogP contribution in [0, 0.1) is 0 Å². The molecule has 2 aromatic heterocycles. The zero-order chi connectivity index (χ0) is 13.3. The van der Waals surface area contributed by atoms with Crippen molar-refractivity contribution in [2.75, 3.05) is 30.5 Å². The van der Waals surface area contributed by atoms with Gasteiger partial charge in [-0.15, -0.1) is 11.3 Å². The van der Waals surface area contributed by atoms with Crippen LogP contribution in [0.4, 0.5) is 5.82 Å². The molecule has 98 valence electrons. The second-order valence-electron chi connectivity index (χ2n) is 4.00. The SMILES string of the molecule is CN(CCS(C)(=O)=O)c1nc(Cl)nc2ccsc12. The molecular weight excluding hydrogens is 294 g/mol. The second kappa shape index (κ2) is 4.99. The van der Waals surface area contributed by atoms with Gasteiger partial charge >= 0.3 is 0 Å². The molecule has 2 heterocycles. The van der Waals surface area contributed by atoms with Crippen molar-refractivity contribution in [1.82, 2.24) is 9.97 Å². The molecule has 0 aromatic carbocycles. The van der Waals surface area contributed by atoms with E-state index in [1.807, 2.05) is 11.4 Å². The Labute approximate surface area is 114 Å². The first-order valence-electron chi connectivity index (χ1n) is 5.16. The van der Waals surface area contributed by atoms with Crippen LogP contribution in [0.1, 0.15) is 0 Å². The highest BCUT2D eigenvalue weighted by molar-refractivity contribution is 7.90. The highest BCUT2D eigenvalue weighted by Gasteiger charge is 2.13. The van der Waals surface area contributed by atoms with Crippen LogP contribution in [-0.2, 0) is 9.84 Å². The molecule has 0 aliphatic rings. The summed E-state index contributed by atoms with van der Waals surface area (Å²) in [5.74, 6) is 0.751. The molecule has 0 fully saturated rings. The van der Waals surface area contributed by atoms with Crippen molar-refractivity contribution in [1.29, 1.82) is 0 Å². The van der Waals surface area contributed by atoms with Crippen molar-refractivity contribution < 1.29 is 8.42 Å². The zero-order valence-corrected chi connectivity index (χ0v) is 12.3. The number of fused-ring (bicyclic) bond motifs is 1. The third-order valence-electron chi connectivity index (χ3n) is 2.42. The lowest BCUT2D eigenvalue weighted by molar-refractivity contribution is 0.601. The van der Waals surface area contributed by atoms with E-state index in [0.717, 1.165) is 10.2 Å². The topological polar surface area (TPSA) is 63.2 Å². The molecule has 2 aromatic rings. The smallest absolute Gasteiger partial charge is 0.224 e. The fourth-order valence-corrected chi connectivity index (χ4v) is 3.14. The first kappa shape index (κ1) is 13.5. The number of anilines is 1. The van der Waals surface area contributed by atoms with Crippen molar-refractivity contribution in [3.8, 4) is 0 Å². The summed E-state index contributed by atoms with van der Waals surface area (Å²) >= 11 is 7.36. The van der Waals surface area contributed by atoms with Gasteiger partial charge in [-0.1, -0.05) is 0 Å². The Kier molecular flexibility index (Phi) is 3.74. The summed E-state index contributed by atoms with van der Waals surface area (Å²) in [5.41, 5.74) is 0.779. The Morgan fingerprint density at radius 2 is 2.17 bits per heavy atom. The molecule has 0 unspecified atom stereocenters. The van der Waals surface area contributed by atoms with E-state index in [2.05, 4.69) is 9.97 Å². The monoisotopic (exact) mass is 305 g/mol. The highest BCUT2D eigenvalue weighted by Crippen LogP contribution is 2.29. The van der Waals surface area contributed by atoms with Gasteiger partial charge in [0.25, 0.3) is 0 Å². The molecule has 0 aliphatic carbocycles. The minimum absolute atomic E-state index is 0.0813. The first-order chi connectivity index (χ1) is 8.37. The van der Waals surface area contributed by atoms with E-state index < -0.39 is 9.84 Å². The molecule has 0 saturated carbocycles. The molecule has 0 amide bonds. The van der Waals surface area contributed by atoms with E-state index in [0.29, 0.717) is 12.4 Å². The standard InChI is InChI=1S/C10H12ClN3O2S2/c1-14(4-6-18(2,15)16)9-8-7(3-5-17-8)12-10(11)13-9/h3,5H,4,6H2,1-2H3. The van der Waals surface area contributed by atoms with Crippen molar-refractivity contribution in [3.63, 3.8) is 0 Å². The largest absolute Gasteiger partial charge is 0.357 e. The van der Waals surface area contributed by atoms with E-state index in [9.17, 15) is 8.42 Å². The Morgan fingerprint density at radius 1 is 1.44 bits per heavy atom. The number of halogens is 1. The van der Waals surface area contributed by atoms with Gasteiger partial charge < -0.3 is 4.90 Å². The van der Waals surface area contributed by atoms with Gasteiger partial charge in [-0.3, -0.25) is 0 Å². The minimum Gasteiger partial charge on any atom is -0.357 e. The van der Waals surface area contributed by atoms with Gasteiger partial charge in [0.2, 0.25) is 5.28 Å². The maximum absolute atomic E-state index is 11.2. The molecule has 2 rings (SSSR count). The molecule has 0 bridgehead atoms. The molecular formula is C10H12ClN3O2S2. The molecule has 8 heteroatoms. The number of hydrogen-bond acceptors (Lipinski definition) is 6. The van der Waals surface area contributed by atoms with Crippen LogP contribution >= 0.6 is 22.9 Å². The number of aromatic nitrogens is 2. The van der Waals surface area contributed by atoms with Crippen molar-refractivity contribution in [3.05, 3.63) is 16.7 Å². The van der Waals surface area contributed by atoms with Gasteiger partial charge in [0.15, 0.2) is 5.82 Å². The van der Waals surface area contributed by atoms with Crippen molar-refractivity contribution in [2.45, 2.75) is 0 Å². The fourth-order valence-electron chi connectivity index (χ4n) is 1.49. The third-order valence-corrected chi connectivity index (χ3v) is 4.41. The molecule has 0 spiro atoms. The summed E-state index contributed by atoms with van der Waals surface area (Å²) in [7, 11) is -1.20. The quantitative estimate of drug-likeness (QED) is 0.806. The van der Waals surface area contributed by atoms with E-state index in [-0.39, 0.29) is 11.0 Å². The molecule has 5 nitrogen and oxygen atoms in total. The van der Waals surface area contributed by atoms with Gasteiger partial charge in [-0.25, -0.2) is 13.4 Å². The predicted molar refractivity (Wildman–Crippen MR) is 75.4 cm³/mol. The van der Waals surface area contributed by atoms with Crippen LogP contribution in [0.25, 0.3) is 10.2 Å². The van der Waals surface area contributed by atoms with Gasteiger partial charge in [-0.05, 0) is 23.0 Å². The lowest BCUT2D eigenvalue weighted by Gasteiger charge is -2.18. The van der Waals surface area contributed by atoms with Crippen LogP contribution < -0.4 is 4.90 Å². The second-order valence-corrected chi connectivity index (χ2v) is 7.52. The van der Waals surface area contributed by atoms with Crippen LogP contribution in [0.15, 0.2) is 11.4 Å². The summed E-state index contributed by atoms with van der Waals surface area (Å²) in [5, 5.41) is 2.07. The van der Waals surface area contributed by atoms with E-state index in [1.54, 1.807) is 11.9 Å². The zero-order valence-electron chi connectivity index (χ0n) is 9.92. The van der Waals surface area contributed by atoms with E-state index in [4.69, 9.17) is 11.6 Å². The molecule has 0 N–H and O–H groups in total. The molecule has 18 heavy (non-hydrogen) atoms. The van der Waals surface area contributed by atoms with Gasteiger partial charge in [0.05, 0.1) is 16.0 Å². The number of thiophene rings is 1. The molecule has 0 saturated heterocycles. The lowest BCUT2D eigenvalue weighted by atomic mass is 10.4. The van der Waals surface area contributed by atoms with Crippen LogP contribution in [0.5, 0.6) is 0 Å². The maximum Gasteiger partial charge on any atom is 0.224 e. The van der Waals surface area contributed by atoms with Gasteiger partial charge in [0.1, 0.15) is 9.84 Å². The van der Waals surface area contributed by atoms with Gasteiger partial charge in [0, 0.05) is 19.8 Å². The average Bonchev–Trinajstić information content (AvgIpc) is 2.71. The maximum atomic E-state index is 11.2. The fraction of sp³-hybridized carbons (Fsp3) is 0.400. The van der Waals surface area contributed by atoms with Crippen LogP contribution in [0.2, 0.25) is 5.28 Å². The third kappa shape index (κ3) is 3.09. The Morgan fingerprint density at radius 3 is 2.83 bits per heavy atom. The normalized spacial score (nSPS) is 11.9. The Balaban J connectivity index is 2.32. The summed E-state index contributed by atoms with van der Waals surface area (Å²) in [6.45, 7) is 0.374. The van der Waals surface area contributed by atoms with Crippen LogP contribution in [0.3, 0.4) is 0 Å². The summed E-state index contributed by atoms with van der Waals surface area (Å²) in [6.07, 6.45) is 1.22. The van der Waals surface area contributed by atoms with E-state index in [1.165, 1.54) is 17.6 Å². The molecule has 0 aliphatic heterocycles. The Hall–Kier alpha value is -0.920. The van der Waals surface area contributed by atoms with Gasteiger partial charge in [-0.2, -0.15) is 4.98 Å². The molecule has 0 radical (unpaired) electrons. The minimum atomic E-state index is -2.99. The summed E-state index contributed by atoms with van der Waals surface area (Å²) in [6, 6.07) is 1.86. The number of sulfone groups is 1. The summed E-state index contributed by atoms with van der Waals surface area (Å²) in [4.78, 5) is 10.1. The number of nitrogens with zero attached hydrogens (tertiary/aromatic N) is 3. The van der Waals surface area contributed by atoms with Crippen molar-refractivity contribution in [2.24, 2.45) is 0 Å². The lowest BCUT2D eigenvalue weighted by Crippen LogP contribution is -2.25. The highest BCUT2D eigenvalue weighted by atomic mass is 35.5. The Bertz CT molecular complexity index is 669. The van der Waals surface area contributed by atoms with Crippen molar-refractivity contribution >= 4 is 48.8 Å². The summed E-state index contributed by atoms with van der Waals surface area (Å²) < 4.78 is 23.2. The molecule has 0 atom stereocenters. The van der Waals surface area contributed by atoms with Crippen LogP contribution in [-0.4, -0.2) is 44.0 Å². The predicted octanol–water partition coefficient (Wildman–Crippen LogP) is 1.83. The number of hydrogen-bond donors (Lipinski definition) is 0. The first-order valence-corrected chi connectivity index (χ1v) is 8.48. The average molecular weight is 306 g/mol.